The van der Waals surface area contributed by atoms with Gasteiger partial charge in [-0.1, -0.05) is 71.9 Å². The van der Waals surface area contributed by atoms with E-state index in [4.69, 9.17) is 11.6 Å². The number of piperazine rings is 1. The van der Waals surface area contributed by atoms with E-state index in [0.29, 0.717) is 15.9 Å². The normalized spacial score (nSPS) is 14.3. The Labute approximate surface area is 214 Å². The third kappa shape index (κ3) is 5.75. The number of hydrogen-bond donors (Lipinski definition) is 0. The molecule has 0 atom stereocenters. The number of carbonyl (C=O) groups is 1. The summed E-state index contributed by atoms with van der Waals surface area (Å²) >= 11 is 7.50. The van der Waals surface area contributed by atoms with Crippen LogP contribution in [-0.2, 0) is 11.3 Å². The molecule has 0 N–H and O–H groups in total. The minimum absolute atomic E-state index is 0.130. The molecule has 1 aliphatic heterocycles. The molecule has 35 heavy (non-hydrogen) atoms. The van der Waals surface area contributed by atoms with Gasteiger partial charge in [-0.05, 0) is 42.0 Å². The van der Waals surface area contributed by atoms with Gasteiger partial charge in [0.2, 0.25) is 5.91 Å². The van der Waals surface area contributed by atoms with Crippen molar-refractivity contribution < 1.29 is 4.79 Å². The molecule has 1 saturated heterocycles. The Morgan fingerprint density at radius 2 is 1.49 bits per heavy atom. The number of amides is 1. The highest BCUT2D eigenvalue weighted by molar-refractivity contribution is 7.99. The molecule has 5 rings (SSSR count). The Hall–Kier alpha value is -3.13. The van der Waals surface area contributed by atoms with Crippen molar-refractivity contribution in [2.75, 3.05) is 31.9 Å². The molecule has 8 heteroatoms. The van der Waals surface area contributed by atoms with Crippen molar-refractivity contribution in [2.45, 2.75) is 11.7 Å². The van der Waals surface area contributed by atoms with Crippen LogP contribution in [0.1, 0.15) is 5.56 Å². The fourth-order valence-corrected chi connectivity index (χ4v) is 5.15. The second-order valence-corrected chi connectivity index (χ2v) is 9.79. The van der Waals surface area contributed by atoms with E-state index in [1.165, 1.54) is 17.3 Å². The highest BCUT2D eigenvalue weighted by atomic mass is 35.5. The van der Waals surface area contributed by atoms with Crippen molar-refractivity contribution in [2.24, 2.45) is 0 Å². The van der Waals surface area contributed by atoms with Crippen LogP contribution in [0, 0.1) is 0 Å². The Kier molecular flexibility index (Phi) is 7.47. The number of benzene rings is 3. The first-order valence-electron chi connectivity index (χ1n) is 11.6. The van der Waals surface area contributed by atoms with Crippen LogP contribution in [0.15, 0.2) is 90.1 Å². The number of para-hydroxylation sites is 1. The molecule has 1 aliphatic rings. The molecule has 6 nitrogen and oxygen atoms in total. The number of halogens is 1. The molecule has 2 heterocycles. The standard InChI is InChI=1S/C27H26ClN5OS/c28-23-13-11-22(12-14-23)26-29-30-27(33(26)24-9-5-2-6-10-24)35-20-25(34)32-17-15-31(16-18-32)19-21-7-3-1-4-8-21/h1-14H,15-20H2. The zero-order valence-corrected chi connectivity index (χ0v) is 20.8. The molecule has 178 valence electrons. The SMILES string of the molecule is O=C(CSc1nnc(-c2ccc(Cl)cc2)n1-c1ccccc1)N1CCN(Cc2ccccc2)CC1. The van der Waals surface area contributed by atoms with Crippen LogP contribution in [0.25, 0.3) is 17.1 Å². The van der Waals surface area contributed by atoms with Crippen molar-refractivity contribution in [3.8, 4) is 17.1 Å². The lowest BCUT2D eigenvalue weighted by molar-refractivity contribution is -0.130. The van der Waals surface area contributed by atoms with Gasteiger partial charge in [0.15, 0.2) is 11.0 Å². The predicted octanol–water partition coefficient (Wildman–Crippen LogP) is 5.02. The molecule has 0 spiro atoms. The number of rotatable bonds is 7. The topological polar surface area (TPSA) is 54.3 Å². The van der Waals surface area contributed by atoms with Gasteiger partial charge >= 0.3 is 0 Å². The summed E-state index contributed by atoms with van der Waals surface area (Å²) in [6, 6.07) is 28.0. The zero-order chi connectivity index (χ0) is 24.0. The van der Waals surface area contributed by atoms with Crippen LogP contribution in [0.3, 0.4) is 0 Å². The van der Waals surface area contributed by atoms with Gasteiger partial charge in [0.05, 0.1) is 5.75 Å². The van der Waals surface area contributed by atoms with Gasteiger partial charge in [0.1, 0.15) is 0 Å². The number of hydrogen-bond acceptors (Lipinski definition) is 5. The molecular weight excluding hydrogens is 478 g/mol. The maximum atomic E-state index is 13.0. The Balaban J connectivity index is 1.25. The summed E-state index contributed by atoms with van der Waals surface area (Å²) in [5.74, 6) is 1.17. The quantitative estimate of drug-likeness (QED) is 0.331. The van der Waals surface area contributed by atoms with Crippen LogP contribution < -0.4 is 0 Å². The van der Waals surface area contributed by atoms with Crippen LogP contribution in [-0.4, -0.2) is 62.4 Å². The van der Waals surface area contributed by atoms with Gasteiger partial charge in [-0.3, -0.25) is 14.3 Å². The average molecular weight is 504 g/mol. The molecule has 1 amide bonds. The summed E-state index contributed by atoms with van der Waals surface area (Å²) in [5.41, 5.74) is 3.17. The van der Waals surface area contributed by atoms with Crippen LogP contribution in [0.5, 0.6) is 0 Å². The minimum Gasteiger partial charge on any atom is -0.339 e. The summed E-state index contributed by atoms with van der Waals surface area (Å²) in [5, 5.41) is 10.2. The van der Waals surface area contributed by atoms with Crippen molar-refractivity contribution >= 4 is 29.3 Å². The van der Waals surface area contributed by atoms with Crippen LogP contribution in [0.4, 0.5) is 0 Å². The largest absolute Gasteiger partial charge is 0.339 e. The Bertz CT molecular complexity index is 1260. The first-order chi connectivity index (χ1) is 17.2. The summed E-state index contributed by atoms with van der Waals surface area (Å²) in [7, 11) is 0. The van der Waals surface area contributed by atoms with Gasteiger partial charge in [0.25, 0.3) is 0 Å². The lowest BCUT2D eigenvalue weighted by atomic mass is 10.2. The lowest BCUT2D eigenvalue weighted by Gasteiger charge is -2.34. The number of aromatic nitrogens is 3. The molecule has 0 saturated carbocycles. The fraction of sp³-hybridized carbons (Fsp3) is 0.222. The number of carbonyl (C=O) groups excluding carboxylic acids is 1. The van der Waals surface area contributed by atoms with Crippen molar-refractivity contribution in [1.29, 1.82) is 0 Å². The van der Waals surface area contributed by atoms with Crippen LogP contribution in [0.2, 0.25) is 5.02 Å². The summed E-state index contributed by atoms with van der Waals surface area (Å²) < 4.78 is 2.00. The Morgan fingerprint density at radius 3 is 2.17 bits per heavy atom. The summed E-state index contributed by atoms with van der Waals surface area (Å²) in [4.78, 5) is 17.4. The second-order valence-electron chi connectivity index (χ2n) is 8.42. The maximum absolute atomic E-state index is 13.0. The molecular formula is C27H26ClN5OS. The maximum Gasteiger partial charge on any atom is 0.233 e. The zero-order valence-electron chi connectivity index (χ0n) is 19.3. The fourth-order valence-electron chi connectivity index (χ4n) is 4.17. The number of thioether (sulfide) groups is 1. The van der Waals surface area contributed by atoms with Crippen molar-refractivity contribution in [3.63, 3.8) is 0 Å². The third-order valence-electron chi connectivity index (χ3n) is 6.05. The monoisotopic (exact) mass is 503 g/mol. The summed E-state index contributed by atoms with van der Waals surface area (Å²) in [6.07, 6.45) is 0. The van der Waals surface area contributed by atoms with Gasteiger partial charge in [-0.15, -0.1) is 10.2 Å². The second kappa shape index (κ2) is 11.1. The average Bonchev–Trinajstić information content (AvgIpc) is 3.33. The summed E-state index contributed by atoms with van der Waals surface area (Å²) in [6.45, 7) is 4.17. The third-order valence-corrected chi connectivity index (χ3v) is 7.21. The molecule has 0 bridgehead atoms. The first-order valence-corrected chi connectivity index (χ1v) is 13.0. The molecule has 1 aromatic heterocycles. The molecule has 3 aromatic carbocycles. The van der Waals surface area contributed by atoms with E-state index in [1.54, 1.807) is 0 Å². The van der Waals surface area contributed by atoms with Gasteiger partial charge < -0.3 is 4.90 Å². The van der Waals surface area contributed by atoms with Crippen molar-refractivity contribution in [3.05, 3.63) is 95.5 Å². The highest BCUT2D eigenvalue weighted by Gasteiger charge is 2.23. The molecule has 0 unspecified atom stereocenters. The number of nitrogens with zero attached hydrogens (tertiary/aromatic N) is 5. The molecule has 0 radical (unpaired) electrons. The van der Waals surface area contributed by atoms with E-state index in [9.17, 15) is 4.79 Å². The Morgan fingerprint density at radius 1 is 0.829 bits per heavy atom. The molecule has 4 aromatic rings. The minimum atomic E-state index is 0.130. The van der Waals surface area contributed by atoms with Gasteiger partial charge in [0, 0.05) is 49.0 Å². The van der Waals surface area contributed by atoms with E-state index in [2.05, 4.69) is 39.4 Å². The molecule has 0 aliphatic carbocycles. The highest BCUT2D eigenvalue weighted by Crippen LogP contribution is 2.29. The molecule has 1 fully saturated rings. The van der Waals surface area contributed by atoms with E-state index >= 15 is 0 Å². The first kappa shape index (κ1) is 23.6. The van der Waals surface area contributed by atoms with E-state index in [0.717, 1.165) is 49.8 Å². The van der Waals surface area contributed by atoms with Crippen molar-refractivity contribution in [1.82, 2.24) is 24.6 Å². The van der Waals surface area contributed by atoms with E-state index in [-0.39, 0.29) is 5.91 Å². The van der Waals surface area contributed by atoms with Crippen LogP contribution >= 0.6 is 23.4 Å². The van der Waals surface area contributed by atoms with Gasteiger partial charge in [-0.25, -0.2) is 0 Å². The van der Waals surface area contributed by atoms with E-state index in [1.807, 2.05) is 70.1 Å². The van der Waals surface area contributed by atoms with E-state index < -0.39 is 0 Å². The lowest BCUT2D eigenvalue weighted by Crippen LogP contribution is -2.48. The van der Waals surface area contributed by atoms with Gasteiger partial charge in [-0.2, -0.15) is 0 Å². The smallest absolute Gasteiger partial charge is 0.233 e. The predicted molar refractivity (Wildman–Crippen MR) is 141 cm³/mol.